The van der Waals surface area contributed by atoms with Crippen LogP contribution in [0.5, 0.6) is 0 Å². The molecule has 0 aromatic heterocycles. The summed E-state index contributed by atoms with van der Waals surface area (Å²) in [4.78, 5) is 10.6. The first-order chi connectivity index (χ1) is 9.54. The Kier molecular flexibility index (Phi) is 4.76. The van der Waals surface area contributed by atoms with Crippen LogP contribution in [0.2, 0.25) is 0 Å². The summed E-state index contributed by atoms with van der Waals surface area (Å²) >= 11 is 0. The van der Waals surface area contributed by atoms with Crippen molar-refractivity contribution in [3.63, 3.8) is 0 Å². The van der Waals surface area contributed by atoms with Crippen molar-refractivity contribution in [2.75, 3.05) is 6.54 Å². The highest BCUT2D eigenvalue weighted by Crippen LogP contribution is 2.40. The first-order valence-corrected chi connectivity index (χ1v) is 7.52. The highest BCUT2D eigenvalue weighted by atomic mass is 16.6. The Balaban J connectivity index is 2.06. The van der Waals surface area contributed by atoms with E-state index in [1.807, 2.05) is 6.07 Å². The molecule has 1 saturated carbocycles. The Labute approximate surface area is 120 Å². The molecular weight excluding hydrogens is 252 g/mol. The number of benzene rings is 1. The van der Waals surface area contributed by atoms with Gasteiger partial charge in [0.1, 0.15) is 0 Å². The average molecular weight is 276 g/mol. The fraction of sp³-hybridized carbons (Fsp3) is 0.625. The molecule has 1 aliphatic rings. The van der Waals surface area contributed by atoms with E-state index >= 15 is 0 Å². The Bertz CT molecular complexity index is 469. The van der Waals surface area contributed by atoms with Crippen molar-refractivity contribution in [2.24, 2.45) is 5.41 Å². The molecule has 4 nitrogen and oxygen atoms in total. The minimum atomic E-state index is -0.320. The van der Waals surface area contributed by atoms with Gasteiger partial charge in [-0.3, -0.25) is 10.1 Å². The quantitative estimate of drug-likeness (QED) is 0.599. The van der Waals surface area contributed by atoms with E-state index in [1.54, 1.807) is 18.2 Å². The Morgan fingerprint density at radius 1 is 1.45 bits per heavy atom. The predicted molar refractivity (Wildman–Crippen MR) is 80.7 cm³/mol. The van der Waals surface area contributed by atoms with Crippen LogP contribution in [0.3, 0.4) is 0 Å². The normalized spacial score (nSPS) is 18.3. The molecule has 0 heterocycles. The van der Waals surface area contributed by atoms with Crippen molar-refractivity contribution in [3.05, 3.63) is 39.9 Å². The molecule has 0 bridgehead atoms. The van der Waals surface area contributed by atoms with Crippen molar-refractivity contribution in [3.8, 4) is 0 Å². The largest absolute Gasteiger partial charge is 0.309 e. The third kappa shape index (κ3) is 3.57. The van der Waals surface area contributed by atoms with Crippen LogP contribution in [0.1, 0.15) is 57.6 Å². The second-order valence-corrected chi connectivity index (χ2v) is 6.24. The number of nitrogens with one attached hydrogen (secondary N) is 1. The second-order valence-electron chi connectivity index (χ2n) is 6.24. The van der Waals surface area contributed by atoms with E-state index in [9.17, 15) is 10.1 Å². The van der Waals surface area contributed by atoms with Gasteiger partial charge in [-0.1, -0.05) is 38.8 Å². The van der Waals surface area contributed by atoms with E-state index in [1.165, 1.54) is 19.3 Å². The highest BCUT2D eigenvalue weighted by Gasteiger charge is 2.32. The van der Waals surface area contributed by atoms with E-state index in [0.717, 1.165) is 24.9 Å². The van der Waals surface area contributed by atoms with Crippen LogP contribution in [0.4, 0.5) is 5.69 Å². The van der Waals surface area contributed by atoms with Crippen molar-refractivity contribution in [1.82, 2.24) is 5.32 Å². The first-order valence-electron chi connectivity index (χ1n) is 7.52. The Morgan fingerprint density at radius 2 is 2.20 bits per heavy atom. The lowest BCUT2D eigenvalue weighted by Crippen LogP contribution is -2.38. The second kappa shape index (κ2) is 6.35. The molecule has 1 unspecified atom stereocenters. The topological polar surface area (TPSA) is 55.2 Å². The number of hydrogen-bond donors (Lipinski definition) is 1. The van der Waals surface area contributed by atoms with Crippen LogP contribution < -0.4 is 5.32 Å². The number of rotatable bonds is 7. The highest BCUT2D eigenvalue weighted by molar-refractivity contribution is 5.35. The maximum Gasteiger partial charge on any atom is 0.269 e. The fourth-order valence-electron chi connectivity index (χ4n) is 2.86. The standard InChI is InChI=1S/C16H24N2O2/c1-3-6-15(17-12-16(2)9-5-10-16)13-7-4-8-14(11-13)18(19)20/h4,7-8,11,15,17H,3,5-6,9-10,12H2,1-2H3. The van der Waals surface area contributed by atoms with Crippen LogP contribution in [-0.4, -0.2) is 11.5 Å². The molecule has 1 fully saturated rings. The van der Waals surface area contributed by atoms with Gasteiger partial charge in [-0.05, 0) is 30.2 Å². The minimum absolute atomic E-state index is 0.181. The van der Waals surface area contributed by atoms with Crippen molar-refractivity contribution in [1.29, 1.82) is 0 Å². The molecule has 1 atom stereocenters. The SMILES string of the molecule is CCCC(NCC1(C)CCC1)c1cccc([N+](=O)[O-])c1. The van der Waals surface area contributed by atoms with Gasteiger partial charge in [-0.15, -0.1) is 0 Å². The summed E-state index contributed by atoms with van der Waals surface area (Å²) in [6, 6.07) is 7.25. The molecule has 0 aliphatic heterocycles. The zero-order valence-corrected chi connectivity index (χ0v) is 12.4. The summed E-state index contributed by atoms with van der Waals surface area (Å²) in [5.41, 5.74) is 1.64. The molecule has 0 saturated heterocycles. The van der Waals surface area contributed by atoms with Crippen LogP contribution in [0.25, 0.3) is 0 Å². The molecule has 1 aliphatic carbocycles. The van der Waals surface area contributed by atoms with E-state index in [4.69, 9.17) is 0 Å². The average Bonchev–Trinajstić information content (AvgIpc) is 2.41. The van der Waals surface area contributed by atoms with Gasteiger partial charge < -0.3 is 5.32 Å². The Hall–Kier alpha value is -1.42. The number of nitrogens with zero attached hydrogens (tertiary/aromatic N) is 1. The third-order valence-electron chi connectivity index (χ3n) is 4.40. The molecule has 110 valence electrons. The zero-order chi connectivity index (χ0) is 14.6. The lowest BCUT2D eigenvalue weighted by molar-refractivity contribution is -0.384. The molecule has 1 aromatic carbocycles. The fourth-order valence-corrected chi connectivity index (χ4v) is 2.86. The molecule has 1 N–H and O–H groups in total. The molecular formula is C16H24N2O2. The van der Waals surface area contributed by atoms with Crippen LogP contribution in [0.15, 0.2) is 24.3 Å². The van der Waals surface area contributed by atoms with E-state index in [2.05, 4.69) is 19.2 Å². The minimum Gasteiger partial charge on any atom is -0.309 e. The van der Waals surface area contributed by atoms with Gasteiger partial charge in [-0.25, -0.2) is 0 Å². The van der Waals surface area contributed by atoms with E-state index in [-0.39, 0.29) is 16.7 Å². The predicted octanol–water partition coefficient (Wildman–Crippen LogP) is 4.22. The number of non-ortho nitro benzene ring substituents is 1. The molecule has 1 aromatic rings. The molecule has 2 rings (SSSR count). The van der Waals surface area contributed by atoms with Crippen molar-refractivity contribution < 1.29 is 4.92 Å². The van der Waals surface area contributed by atoms with Gasteiger partial charge in [0.05, 0.1) is 4.92 Å². The van der Waals surface area contributed by atoms with Gasteiger partial charge in [-0.2, -0.15) is 0 Å². The van der Waals surface area contributed by atoms with Crippen molar-refractivity contribution >= 4 is 5.69 Å². The van der Waals surface area contributed by atoms with Gasteiger partial charge in [0.15, 0.2) is 0 Å². The molecule has 0 spiro atoms. The Morgan fingerprint density at radius 3 is 2.75 bits per heavy atom. The van der Waals surface area contributed by atoms with Crippen LogP contribution in [-0.2, 0) is 0 Å². The van der Waals surface area contributed by atoms with Crippen molar-refractivity contribution in [2.45, 2.75) is 52.0 Å². The summed E-state index contributed by atoms with van der Waals surface area (Å²) in [6.45, 7) is 5.47. The summed E-state index contributed by atoms with van der Waals surface area (Å²) < 4.78 is 0. The summed E-state index contributed by atoms with van der Waals surface area (Å²) in [5, 5.41) is 14.5. The van der Waals surface area contributed by atoms with Gasteiger partial charge in [0.25, 0.3) is 5.69 Å². The van der Waals surface area contributed by atoms with Gasteiger partial charge >= 0.3 is 0 Å². The maximum absolute atomic E-state index is 10.9. The smallest absolute Gasteiger partial charge is 0.269 e. The third-order valence-corrected chi connectivity index (χ3v) is 4.40. The lowest BCUT2D eigenvalue weighted by atomic mass is 9.70. The molecule has 4 heteroatoms. The van der Waals surface area contributed by atoms with Gasteiger partial charge in [0.2, 0.25) is 0 Å². The summed E-state index contributed by atoms with van der Waals surface area (Å²) in [6.07, 6.45) is 5.98. The summed E-state index contributed by atoms with van der Waals surface area (Å²) in [5.74, 6) is 0. The lowest BCUT2D eigenvalue weighted by Gasteiger charge is -2.39. The molecule has 0 radical (unpaired) electrons. The van der Waals surface area contributed by atoms with E-state index in [0.29, 0.717) is 5.41 Å². The maximum atomic E-state index is 10.9. The monoisotopic (exact) mass is 276 g/mol. The van der Waals surface area contributed by atoms with E-state index < -0.39 is 0 Å². The number of hydrogen-bond acceptors (Lipinski definition) is 3. The zero-order valence-electron chi connectivity index (χ0n) is 12.4. The summed E-state index contributed by atoms with van der Waals surface area (Å²) in [7, 11) is 0. The number of nitro groups is 1. The van der Waals surface area contributed by atoms with Gasteiger partial charge in [0, 0.05) is 24.7 Å². The van der Waals surface area contributed by atoms with Crippen LogP contribution in [0, 0.1) is 15.5 Å². The first kappa shape index (κ1) is 15.0. The van der Waals surface area contributed by atoms with Crippen LogP contribution >= 0.6 is 0 Å². The number of nitro benzene ring substituents is 1. The molecule has 20 heavy (non-hydrogen) atoms. The molecule has 0 amide bonds.